The summed E-state index contributed by atoms with van der Waals surface area (Å²) in [6.07, 6.45) is 2.69. The Morgan fingerprint density at radius 1 is 1.42 bits per heavy atom. The van der Waals surface area contributed by atoms with Gasteiger partial charge in [0.15, 0.2) is 0 Å². The van der Waals surface area contributed by atoms with E-state index in [1.807, 2.05) is 0 Å². The molecule has 1 aliphatic heterocycles. The highest BCUT2D eigenvalue weighted by Crippen LogP contribution is 2.05. The lowest BCUT2D eigenvalue weighted by Gasteiger charge is -2.20. The monoisotopic (exact) mass is 170 g/mol. The van der Waals surface area contributed by atoms with Crippen molar-refractivity contribution in [3.05, 3.63) is 0 Å². The molecule has 2 atom stereocenters. The van der Waals surface area contributed by atoms with Crippen LogP contribution in [0.4, 0.5) is 0 Å². The second kappa shape index (κ2) is 4.83. The zero-order valence-corrected chi connectivity index (χ0v) is 8.56. The van der Waals surface area contributed by atoms with E-state index in [4.69, 9.17) is 0 Å². The van der Waals surface area contributed by atoms with Gasteiger partial charge in [-0.05, 0) is 32.2 Å². The summed E-state index contributed by atoms with van der Waals surface area (Å²) in [7, 11) is 0. The fourth-order valence-electron chi connectivity index (χ4n) is 1.49. The lowest BCUT2D eigenvalue weighted by molar-refractivity contribution is 0.402. The molecule has 2 nitrogen and oxygen atoms in total. The van der Waals surface area contributed by atoms with Gasteiger partial charge < -0.3 is 10.6 Å². The van der Waals surface area contributed by atoms with Crippen LogP contribution in [0.25, 0.3) is 0 Å². The smallest absolute Gasteiger partial charge is 0.0193 e. The molecule has 2 heteroatoms. The summed E-state index contributed by atoms with van der Waals surface area (Å²) >= 11 is 0. The molecule has 1 fully saturated rings. The van der Waals surface area contributed by atoms with Crippen LogP contribution < -0.4 is 10.6 Å². The summed E-state index contributed by atoms with van der Waals surface area (Å²) in [5.74, 6) is 0.742. The summed E-state index contributed by atoms with van der Waals surface area (Å²) in [4.78, 5) is 0. The maximum atomic E-state index is 3.56. The third kappa shape index (κ3) is 3.11. The standard InChI is InChI=1S/C10H22N2/c1-8(2)9(3)12-7-10-5-4-6-11-10/h8-12H,4-7H2,1-3H3. The van der Waals surface area contributed by atoms with Gasteiger partial charge in [0.25, 0.3) is 0 Å². The molecule has 0 aromatic rings. The molecule has 2 unspecified atom stereocenters. The molecule has 0 amide bonds. The van der Waals surface area contributed by atoms with Gasteiger partial charge in [-0.25, -0.2) is 0 Å². The summed E-state index contributed by atoms with van der Waals surface area (Å²) in [6.45, 7) is 9.14. The summed E-state index contributed by atoms with van der Waals surface area (Å²) < 4.78 is 0. The van der Waals surface area contributed by atoms with Crippen LogP contribution in [0.5, 0.6) is 0 Å². The van der Waals surface area contributed by atoms with Crippen molar-refractivity contribution < 1.29 is 0 Å². The Morgan fingerprint density at radius 2 is 2.17 bits per heavy atom. The molecular weight excluding hydrogens is 148 g/mol. The third-order valence-corrected chi connectivity index (χ3v) is 2.85. The highest BCUT2D eigenvalue weighted by molar-refractivity contribution is 4.78. The van der Waals surface area contributed by atoms with Gasteiger partial charge in [-0.3, -0.25) is 0 Å². The van der Waals surface area contributed by atoms with Crippen LogP contribution in [0.2, 0.25) is 0 Å². The highest BCUT2D eigenvalue weighted by atomic mass is 15.0. The van der Waals surface area contributed by atoms with Gasteiger partial charge >= 0.3 is 0 Å². The van der Waals surface area contributed by atoms with E-state index in [1.165, 1.54) is 19.4 Å². The Morgan fingerprint density at radius 3 is 2.67 bits per heavy atom. The normalized spacial score (nSPS) is 26.5. The maximum Gasteiger partial charge on any atom is 0.0193 e. The molecule has 0 aromatic heterocycles. The first-order chi connectivity index (χ1) is 5.70. The Balaban J connectivity index is 2.07. The predicted octanol–water partition coefficient (Wildman–Crippen LogP) is 1.37. The van der Waals surface area contributed by atoms with Gasteiger partial charge in [0, 0.05) is 18.6 Å². The van der Waals surface area contributed by atoms with E-state index >= 15 is 0 Å². The quantitative estimate of drug-likeness (QED) is 0.666. The van der Waals surface area contributed by atoms with Gasteiger partial charge in [0.1, 0.15) is 0 Å². The zero-order valence-electron chi connectivity index (χ0n) is 8.56. The first kappa shape index (κ1) is 10.0. The summed E-state index contributed by atoms with van der Waals surface area (Å²) in [6, 6.07) is 1.37. The molecule has 0 bridgehead atoms. The topological polar surface area (TPSA) is 24.1 Å². The van der Waals surface area contributed by atoms with Gasteiger partial charge in [-0.2, -0.15) is 0 Å². The van der Waals surface area contributed by atoms with Crippen LogP contribution in [-0.2, 0) is 0 Å². The van der Waals surface area contributed by atoms with E-state index in [-0.39, 0.29) is 0 Å². The lowest BCUT2D eigenvalue weighted by Crippen LogP contribution is -2.40. The Labute approximate surface area is 76.1 Å². The minimum absolute atomic E-state index is 0.646. The molecule has 0 radical (unpaired) electrons. The average Bonchev–Trinajstić information content (AvgIpc) is 2.51. The first-order valence-electron chi connectivity index (χ1n) is 5.17. The number of hydrogen-bond donors (Lipinski definition) is 2. The van der Waals surface area contributed by atoms with Crippen molar-refractivity contribution in [2.24, 2.45) is 5.92 Å². The van der Waals surface area contributed by atoms with Crippen LogP contribution in [0.15, 0.2) is 0 Å². The van der Waals surface area contributed by atoms with Gasteiger partial charge in [-0.15, -0.1) is 0 Å². The number of nitrogens with one attached hydrogen (secondary N) is 2. The minimum atomic E-state index is 0.646. The van der Waals surface area contributed by atoms with Crippen molar-refractivity contribution in [1.82, 2.24) is 10.6 Å². The van der Waals surface area contributed by atoms with Crippen molar-refractivity contribution in [2.75, 3.05) is 13.1 Å². The SMILES string of the molecule is CC(C)C(C)NCC1CCCN1. The van der Waals surface area contributed by atoms with E-state index in [2.05, 4.69) is 31.4 Å². The van der Waals surface area contributed by atoms with E-state index < -0.39 is 0 Å². The minimum Gasteiger partial charge on any atom is -0.313 e. The molecule has 1 rings (SSSR count). The van der Waals surface area contributed by atoms with Crippen LogP contribution >= 0.6 is 0 Å². The van der Waals surface area contributed by atoms with Gasteiger partial charge in [0.2, 0.25) is 0 Å². The third-order valence-electron chi connectivity index (χ3n) is 2.85. The van der Waals surface area contributed by atoms with E-state index in [9.17, 15) is 0 Å². The Bertz CT molecular complexity index is 115. The van der Waals surface area contributed by atoms with Gasteiger partial charge in [0.05, 0.1) is 0 Å². The van der Waals surface area contributed by atoms with Crippen molar-refractivity contribution in [3.8, 4) is 0 Å². The molecule has 12 heavy (non-hydrogen) atoms. The summed E-state index contributed by atoms with van der Waals surface area (Å²) in [5.41, 5.74) is 0. The Hall–Kier alpha value is -0.0800. The molecule has 0 aromatic carbocycles. The molecule has 0 aliphatic carbocycles. The maximum absolute atomic E-state index is 3.56. The highest BCUT2D eigenvalue weighted by Gasteiger charge is 2.15. The molecule has 1 heterocycles. The van der Waals surface area contributed by atoms with E-state index in [0.717, 1.165) is 18.5 Å². The average molecular weight is 170 g/mol. The van der Waals surface area contributed by atoms with Crippen LogP contribution in [0.3, 0.4) is 0 Å². The molecule has 1 saturated heterocycles. The molecule has 72 valence electrons. The molecule has 0 spiro atoms. The van der Waals surface area contributed by atoms with Crippen molar-refractivity contribution in [2.45, 2.75) is 45.7 Å². The number of hydrogen-bond acceptors (Lipinski definition) is 2. The summed E-state index contributed by atoms with van der Waals surface area (Å²) in [5, 5.41) is 7.05. The largest absolute Gasteiger partial charge is 0.313 e. The van der Waals surface area contributed by atoms with Crippen molar-refractivity contribution in [3.63, 3.8) is 0 Å². The van der Waals surface area contributed by atoms with Crippen molar-refractivity contribution in [1.29, 1.82) is 0 Å². The molecule has 1 aliphatic rings. The Kier molecular flexibility index (Phi) is 4.02. The van der Waals surface area contributed by atoms with E-state index in [0.29, 0.717) is 6.04 Å². The predicted molar refractivity (Wildman–Crippen MR) is 53.3 cm³/mol. The van der Waals surface area contributed by atoms with Crippen molar-refractivity contribution >= 4 is 0 Å². The van der Waals surface area contributed by atoms with Gasteiger partial charge in [-0.1, -0.05) is 13.8 Å². The fraction of sp³-hybridized carbons (Fsp3) is 1.00. The second-order valence-corrected chi connectivity index (χ2v) is 4.23. The van der Waals surface area contributed by atoms with Crippen LogP contribution in [0.1, 0.15) is 33.6 Å². The first-order valence-corrected chi connectivity index (χ1v) is 5.17. The second-order valence-electron chi connectivity index (χ2n) is 4.23. The lowest BCUT2D eigenvalue weighted by atomic mass is 10.1. The van der Waals surface area contributed by atoms with Crippen LogP contribution in [0, 0.1) is 5.92 Å². The van der Waals surface area contributed by atoms with Crippen LogP contribution in [-0.4, -0.2) is 25.2 Å². The molecule has 2 N–H and O–H groups in total. The van der Waals surface area contributed by atoms with E-state index in [1.54, 1.807) is 0 Å². The zero-order chi connectivity index (χ0) is 8.97. The molecule has 0 saturated carbocycles. The molecular formula is C10H22N2. The fourth-order valence-corrected chi connectivity index (χ4v) is 1.49. The number of rotatable bonds is 4.